The van der Waals surface area contributed by atoms with Crippen LogP contribution in [0, 0.1) is 13.8 Å². The zero-order chi connectivity index (χ0) is 18.1. The quantitative estimate of drug-likeness (QED) is 0.672. The summed E-state index contributed by atoms with van der Waals surface area (Å²) in [4.78, 5) is 18.0. The fourth-order valence-electron chi connectivity index (χ4n) is 4.10. The molecule has 1 aliphatic heterocycles. The molecule has 136 valence electrons. The van der Waals surface area contributed by atoms with Crippen molar-refractivity contribution in [1.29, 1.82) is 0 Å². The number of aromatic amines is 2. The van der Waals surface area contributed by atoms with Crippen LogP contribution in [0.2, 0.25) is 0 Å². The molecule has 26 heavy (non-hydrogen) atoms. The molecule has 1 saturated heterocycles. The zero-order valence-electron chi connectivity index (χ0n) is 15.3. The molecule has 1 atom stereocenters. The van der Waals surface area contributed by atoms with Crippen molar-refractivity contribution in [3.63, 3.8) is 0 Å². The van der Waals surface area contributed by atoms with E-state index in [4.69, 9.17) is 0 Å². The molecule has 2 amide bonds. The summed E-state index contributed by atoms with van der Waals surface area (Å²) in [7, 11) is 0. The Hall–Kier alpha value is -2.76. The number of carbonyl (C=O) groups is 1. The molecule has 3 N–H and O–H groups in total. The van der Waals surface area contributed by atoms with Gasteiger partial charge in [-0.1, -0.05) is 18.2 Å². The highest BCUT2D eigenvalue weighted by atomic mass is 16.2. The average molecular weight is 351 g/mol. The highest BCUT2D eigenvalue weighted by Gasteiger charge is 2.32. The van der Waals surface area contributed by atoms with Gasteiger partial charge in [0.2, 0.25) is 0 Å². The van der Waals surface area contributed by atoms with Crippen LogP contribution >= 0.6 is 0 Å². The molecule has 3 heterocycles. The van der Waals surface area contributed by atoms with Crippen LogP contribution in [0.15, 0.2) is 30.5 Å². The van der Waals surface area contributed by atoms with E-state index in [0.717, 1.165) is 42.7 Å². The minimum absolute atomic E-state index is 0.0207. The van der Waals surface area contributed by atoms with Crippen molar-refractivity contribution in [3.8, 4) is 0 Å². The summed E-state index contributed by atoms with van der Waals surface area (Å²) in [6.07, 6.45) is 4.88. The summed E-state index contributed by atoms with van der Waals surface area (Å²) in [5.74, 6) is 0. The summed E-state index contributed by atoms with van der Waals surface area (Å²) in [5.41, 5.74) is 5.60. The van der Waals surface area contributed by atoms with Crippen molar-refractivity contribution in [2.45, 2.75) is 39.2 Å². The van der Waals surface area contributed by atoms with Crippen molar-refractivity contribution in [2.75, 3.05) is 13.1 Å². The molecule has 1 unspecified atom stereocenters. The summed E-state index contributed by atoms with van der Waals surface area (Å²) < 4.78 is 0. The number of carbonyl (C=O) groups excluding carboxylic acids is 1. The third-order valence-electron chi connectivity index (χ3n) is 5.38. The number of amides is 2. The van der Waals surface area contributed by atoms with E-state index in [1.54, 1.807) is 0 Å². The van der Waals surface area contributed by atoms with E-state index < -0.39 is 0 Å². The molecule has 0 bridgehead atoms. The Labute approximate surface area is 153 Å². The second-order valence-corrected chi connectivity index (χ2v) is 7.04. The Kier molecular flexibility index (Phi) is 4.41. The molecular formula is C20H25N5O. The first kappa shape index (κ1) is 16.7. The molecule has 6 nitrogen and oxygen atoms in total. The van der Waals surface area contributed by atoms with Crippen LogP contribution in [-0.2, 0) is 6.42 Å². The van der Waals surface area contributed by atoms with Gasteiger partial charge < -0.3 is 15.2 Å². The number of para-hydroxylation sites is 1. The molecule has 0 radical (unpaired) electrons. The van der Waals surface area contributed by atoms with Crippen molar-refractivity contribution in [3.05, 3.63) is 53.0 Å². The monoisotopic (exact) mass is 351 g/mol. The predicted molar refractivity (Wildman–Crippen MR) is 102 cm³/mol. The number of urea groups is 1. The minimum Gasteiger partial charge on any atom is -0.361 e. The van der Waals surface area contributed by atoms with Crippen LogP contribution in [0.4, 0.5) is 4.79 Å². The van der Waals surface area contributed by atoms with Crippen molar-refractivity contribution in [2.24, 2.45) is 0 Å². The molecule has 1 aromatic carbocycles. The first-order chi connectivity index (χ1) is 12.6. The van der Waals surface area contributed by atoms with E-state index in [0.29, 0.717) is 6.54 Å². The lowest BCUT2D eigenvalue weighted by atomic mass is 10.0. The van der Waals surface area contributed by atoms with E-state index >= 15 is 0 Å². The zero-order valence-corrected chi connectivity index (χ0v) is 15.3. The second kappa shape index (κ2) is 6.86. The number of benzene rings is 1. The smallest absolute Gasteiger partial charge is 0.317 e. The maximum atomic E-state index is 12.7. The Morgan fingerprint density at radius 1 is 1.35 bits per heavy atom. The van der Waals surface area contributed by atoms with E-state index in [1.165, 1.54) is 16.5 Å². The van der Waals surface area contributed by atoms with Gasteiger partial charge in [-0.15, -0.1) is 0 Å². The van der Waals surface area contributed by atoms with Gasteiger partial charge in [-0.3, -0.25) is 5.10 Å². The number of hydrogen-bond acceptors (Lipinski definition) is 2. The van der Waals surface area contributed by atoms with Gasteiger partial charge in [0.1, 0.15) is 0 Å². The van der Waals surface area contributed by atoms with Crippen LogP contribution in [-0.4, -0.2) is 39.2 Å². The Balaban J connectivity index is 1.40. The van der Waals surface area contributed by atoms with Gasteiger partial charge in [-0.05, 0) is 44.7 Å². The molecule has 0 saturated carbocycles. The summed E-state index contributed by atoms with van der Waals surface area (Å²) >= 11 is 0. The van der Waals surface area contributed by atoms with Gasteiger partial charge in [0.25, 0.3) is 0 Å². The molecular weight excluding hydrogens is 326 g/mol. The van der Waals surface area contributed by atoms with Gasteiger partial charge in [0.15, 0.2) is 0 Å². The maximum Gasteiger partial charge on any atom is 0.317 e. The minimum atomic E-state index is 0.0207. The van der Waals surface area contributed by atoms with Gasteiger partial charge in [0.05, 0.1) is 11.7 Å². The number of nitrogens with zero attached hydrogens (tertiary/aromatic N) is 2. The molecule has 1 fully saturated rings. The molecule has 0 aliphatic carbocycles. The fourth-order valence-corrected chi connectivity index (χ4v) is 4.10. The maximum absolute atomic E-state index is 12.7. The fraction of sp³-hybridized carbons (Fsp3) is 0.400. The molecule has 4 rings (SSSR count). The molecule has 3 aromatic rings. The number of H-pyrrole nitrogens is 2. The van der Waals surface area contributed by atoms with E-state index in [1.807, 2.05) is 37.1 Å². The predicted octanol–water partition coefficient (Wildman–Crippen LogP) is 3.60. The topological polar surface area (TPSA) is 76.8 Å². The van der Waals surface area contributed by atoms with E-state index in [2.05, 4.69) is 32.6 Å². The lowest BCUT2D eigenvalue weighted by Crippen LogP contribution is -2.40. The van der Waals surface area contributed by atoms with Gasteiger partial charge in [0, 0.05) is 41.4 Å². The van der Waals surface area contributed by atoms with Crippen molar-refractivity contribution >= 4 is 16.9 Å². The number of likely N-dealkylation sites (tertiary alicyclic amines) is 1. The molecule has 1 aliphatic rings. The summed E-state index contributed by atoms with van der Waals surface area (Å²) in [6.45, 7) is 5.46. The van der Waals surface area contributed by atoms with Crippen LogP contribution in [0.1, 0.15) is 41.4 Å². The third kappa shape index (κ3) is 2.96. The van der Waals surface area contributed by atoms with Crippen molar-refractivity contribution < 1.29 is 4.79 Å². The summed E-state index contributed by atoms with van der Waals surface area (Å²) in [5, 5.41) is 11.7. The molecule has 2 aromatic heterocycles. The van der Waals surface area contributed by atoms with Crippen molar-refractivity contribution in [1.82, 2.24) is 25.4 Å². The number of aromatic nitrogens is 3. The van der Waals surface area contributed by atoms with Gasteiger partial charge in [-0.2, -0.15) is 5.10 Å². The normalized spacial score (nSPS) is 17.2. The van der Waals surface area contributed by atoms with Crippen LogP contribution in [0.3, 0.4) is 0 Å². The molecule has 0 spiro atoms. The van der Waals surface area contributed by atoms with Gasteiger partial charge >= 0.3 is 6.03 Å². The van der Waals surface area contributed by atoms with Gasteiger partial charge in [-0.25, -0.2) is 4.79 Å². The SMILES string of the molecule is Cc1n[nH]c(C)c1C1CCCN1C(=O)NCCc1c[nH]c2ccccc12. The number of hydrogen-bond donors (Lipinski definition) is 3. The van der Waals surface area contributed by atoms with Crippen LogP contribution < -0.4 is 5.32 Å². The number of nitrogens with one attached hydrogen (secondary N) is 3. The average Bonchev–Trinajstić information content (AvgIpc) is 3.34. The second-order valence-electron chi connectivity index (χ2n) is 7.04. The number of rotatable bonds is 4. The van der Waals surface area contributed by atoms with Crippen LogP contribution in [0.25, 0.3) is 10.9 Å². The Morgan fingerprint density at radius 3 is 3.00 bits per heavy atom. The lowest BCUT2D eigenvalue weighted by Gasteiger charge is -2.25. The number of aryl methyl sites for hydroxylation is 2. The standard InChI is InChI=1S/C20H25N5O/c1-13-19(14(2)24-23-13)18-8-5-11-25(18)20(26)21-10-9-15-12-22-17-7-4-3-6-16(15)17/h3-4,6-7,12,18,22H,5,8-11H2,1-2H3,(H,21,26)(H,23,24). The molecule has 6 heteroatoms. The lowest BCUT2D eigenvalue weighted by molar-refractivity contribution is 0.193. The Bertz CT molecular complexity index is 906. The number of fused-ring (bicyclic) bond motifs is 1. The first-order valence-electron chi connectivity index (χ1n) is 9.26. The first-order valence-corrected chi connectivity index (χ1v) is 9.26. The van der Waals surface area contributed by atoms with E-state index in [-0.39, 0.29) is 12.1 Å². The van der Waals surface area contributed by atoms with Crippen LogP contribution in [0.5, 0.6) is 0 Å². The summed E-state index contributed by atoms with van der Waals surface area (Å²) in [6, 6.07) is 8.40. The highest BCUT2D eigenvalue weighted by molar-refractivity contribution is 5.83. The third-order valence-corrected chi connectivity index (χ3v) is 5.38. The Morgan fingerprint density at radius 2 is 2.19 bits per heavy atom. The highest BCUT2D eigenvalue weighted by Crippen LogP contribution is 2.34. The largest absolute Gasteiger partial charge is 0.361 e. The van der Waals surface area contributed by atoms with E-state index in [9.17, 15) is 4.79 Å².